The zero-order chi connectivity index (χ0) is 12.5. The van der Waals surface area contributed by atoms with E-state index in [1.165, 1.54) is 0 Å². The van der Waals surface area contributed by atoms with Crippen molar-refractivity contribution in [3.8, 4) is 11.8 Å². The van der Waals surface area contributed by atoms with Crippen LogP contribution in [-0.4, -0.2) is 26.2 Å². The molecule has 0 bridgehead atoms. The second kappa shape index (κ2) is 7.12. The molecule has 1 aromatic rings. The number of hydrogen-bond donors (Lipinski definition) is 2. The van der Waals surface area contributed by atoms with Gasteiger partial charge in [0.2, 0.25) is 0 Å². The van der Waals surface area contributed by atoms with Gasteiger partial charge in [-0.15, -0.1) is 0 Å². The van der Waals surface area contributed by atoms with E-state index >= 15 is 0 Å². The van der Waals surface area contributed by atoms with Gasteiger partial charge in [0, 0.05) is 6.54 Å². The summed E-state index contributed by atoms with van der Waals surface area (Å²) >= 11 is 0. The number of nitrogens with one attached hydrogen (secondary N) is 2. The molecule has 0 atom stereocenters. The van der Waals surface area contributed by atoms with E-state index < -0.39 is 0 Å². The molecule has 0 aromatic heterocycles. The highest BCUT2D eigenvalue weighted by molar-refractivity contribution is 5.74. The summed E-state index contributed by atoms with van der Waals surface area (Å²) in [6.07, 6.45) is 0.719. The molecule has 0 radical (unpaired) electrons. The average Bonchev–Trinajstić information content (AvgIpc) is 2.36. The number of amides is 2. The predicted octanol–water partition coefficient (Wildman–Crippen LogP) is 1.06. The number of rotatable bonds is 5. The lowest BCUT2D eigenvalue weighted by Gasteiger charge is -2.06. The highest BCUT2D eigenvalue weighted by Gasteiger charge is 1.99. The third kappa shape index (κ3) is 4.89. The van der Waals surface area contributed by atoms with E-state index in [9.17, 15) is 4.79 Å². The number of urea groups is 1. The van der Waals surface area contributed by atoms with E-state index in [-0.39, 0.29) is 12.6 Å². The molecule has 2 amide bonds. The third-order valence-corrected chi connectivity index (χ3v) is 2.16. The van der Waals surface area contributed by atoms with Gasteiger partial charge >= 0.3 is 6.03 Å². The lowest BCUT2D eigenvalue weighted by atomic mass is 10.1. The quantitative estimate of drug-likeness (QED) is 0.747. The molecule has 0 unspecified atom stereocenters. The molecule has 0 fully saturated rings. The molecule has 0 heterocycles. The van der Waals surface area contributed by atoms with Gasteiger partial charge < -0.3 is 15.4 Å². The first-order valence-electron chi connectivity index (χ1n) is 5.28. The van der Waals surface area contributed by atoms with Gasteiger partial charge in [-0.1, -0.05) is 12.1 Å². The van der Waals surface area contributed by atoms with Crippen LogP contribution in [0, 0.1) is 11.3 Å². The van der Waals surface area contributed by atoms with Crippen LogP contribution in [0.1, 0.15) is 5.56 Å². The molecule has 0 spiro atoms. The van der Waals surface area contributed by atoms with E-state index in [1.54, 1.807) is 7.11 Å². The molecule has 90 valence electrons. The molecule has 0 aliphatic carbocycles. The minimum atomic E-state index is -0.325. The smallest absolute Gasteiger partial charge is 0.315 e. The van der Waals surface area contributed by atoms with Crippen molar-refractivity contribution in [3.63, 3.8) is 0 Å². The Hall–Kier alpha value is -2.22. The Labute approximate surface area is 100 Å². The molecule has 2 N–H and O–H groups in total. The van der Waals surface area contributed by atoms with E-state index in [4.69, 9.17) is 10.00 Å². The zero-order valence-electron chi connectivity index (χ0n) is 9.69. The van der Waals surface area contributed by atoms with Crippen molar-refractivity contribution in [3.05, 3.63) is 29.8 Å². The van der Waals surface area contributed by atoms with Crippen molar-refractivity contribution in [2.75, 3.05) is 20.2 Å². The van der Waals surface area contributed by atoms with Crippen molar-refractivity contribution >= 4 is 6.03 Å². The number of ether oxygens (including phenoxy) is 1. The second-order valence-corrected chi connectivity index (χ2v) is 3.37. The first kappa shape index (κ1) is 12.8. The Morgan fingerprint density at radius 2 is 2.29 bits per heavy atom. The summed E-state index contributed by atoms with van der Waals surface area (Å²) in [7, 11) is 1.62. The molecule has 5 heteroatoms. The zero-order valence-corrected chi connectivity index (χ0v) is 9.69. The van der Waals surface area contributed by atoms with Crippen LogP contribution in [0.3, 0.4) is 0 Å². The topological polar surface area (TPSA) is 74.2 Å². The lowest BCUT2D eigenvalue weighted by Crippen LogP contribution is -2.36. The minimum Gasteiger partial charge on any atom is -0.497 e. The third-order valence-electron chi connectivity index (χ3n) is 2.16. The van der Waals surface area contributed by atoms with Crippen molar-refractivity contribution in [2.45, 2.75) is 6.42 Å². The molecule has 17 heavy (non-hydrogen) atoms. The summed E-state index contributed by atoms with van der Waals surface area (Å²) in [5, 5.41) is 13.3. The van der Waals surface area contributed by atoms with Crippen LogP contribution < -0.4 is 15.4 Å². The van der Waals surface area contributed by atoms with Gasteiger partial charge in [-0.3, -0.25) is 0 Å². The predicted molar refractivity (Wildman–Crippen MR) is 63.7 cm³/mol. The minimum absolute atomic E-state index is 0.0188. The molecule has 5 nitrogen and oxygen atoms in total. The van der Waals surface area contributed by atoms with E-state index in [2.05, 4.69) is 10.6 Å². The van der Waals surface area contributed by atoms with Gasteiger partial charge in [-0.25, -0.2) is 4.79 Å². The maximum absolute atomic E-state index is 11.1. The SMILES string of the molecule is COc1cccc(CCNC(=O)NCC#N)c1. The van der Waals surface area contributed by atoms with Crippen molar-refractivity contribution in [1.29, 1.82) is 5.26 Å². The molecule has 0 aliphatic heterocycles. The molecular weight excluding hydrogens is 218 g/mol. The number of hydrogen-bond acceptors (Lipinski definition) is 3. The maximum atomic E-state index is 11.1. The monoisotopic (exact) mass is 233 g/mol. The van der Waals surface area contributed by atoms with Crippen molar-refractivity contribution < 1.29 is 9.53 Å². The van der Waals surface area contributed by atoms with Crippen LogP contribution in [0.4, 0.5) is 4.79 Å². The Balaban J connectivity index is 2.30. The highest BCUT2D eigenvalue weighted by Crippen LogP contribution is 2.12. The first-order chi connectivity index (χ1) is 8.26. The summed E-state index contributed by atoms with van der Waals surface area (Å²) in [6.45, 7) is 0.537. The van der Waals surface area contributed by atoms with E-state index in [0.29, 0.717) is 6.54 Å². The average molecular weight is 233 g/mol. The standard InChI is InChI=1S/C12H15N3O2/c1-17-11-4-2-3-10(9-11)5-7-14-12(16)15-8-6-13/h2-4,9H,5,7-8H2,1H3,(H2,14,15,16). The summed E-state index contributed by atoms with van der Waals surface area (Å²) in [5.74, 6) is 0.802. The molecule has 1 rings (SSSR count). The Bertz CT molecular complexity index is 412. The fourth-order valence-corrected chi connectivity index (χ4v) is 1.33. The number of carbonyl (C=O) groups excluding carboxylic acids is 1. The maximum Gasteiger partial charge on any atom is 0.315 e. The van der Waals surface area contributed by atoms with E-state index in [1.807, 2.05) is 30.3 Å². The van der Waals surface area contributed by atoms with E-state index in [0.717, 1.165) is 17.7 Å². The summed E-state index contributed by atoms with van der Waals surface area (Å²) in [5.41, 5.74) is 1.09. The summed E-state index contributed by atoms with van der Waals surface area (Å²) in [6, 6.07) is 9.18. The Morgan fingerprint density at radius 1 is 1.47 bits per heavy atom. The second-order valence-electron chi connectivity index (χ2n) is 3.37. The molecule has 0 aliphatic rings. The van der Waals surface area contributed by atoms with Crippen LogP contribution >= 0.6 is 0 Å². The Morgan fingerprint density at radius 3 is 3.00 bits per heavy atom. The number of carbonyl (C=O) groups is 1. The fraction of sp³-hybridized carbons (Fsp3) is 0.333. The number of nitriles is 1. The van der Waals surface area contributed by atoms with Crippen LogP contribution in [0.2, 0.25) is 0 Å². The summed E-state index contributed by atoms with van der Waals surface area (Å²) < 4.78 is 5.10. The van der Waals surface area contributed by atoms with Crippen molar-refractivity contribution in [1.82, 2.24) is 10.6 Å². The summed E-state index contributed by atoms with van der Waals surface area (Å²) in [4.78, 5) is 11.1. The van der Waals surface area contributed by atoms with Crippen LogP contribution in [0.15, 0.2) is 24.3 Å². The fourth-order valence-electron chi connectivity index (χ4n) is 1.33. The van der Waals surface area contributed by atoms with Gasteiger partial charge in [-0.2, -0.15) is 5.26 Å². The van der Waals surface area contributed by atoms with Crippen LogP contribution in [0.5, 0.6) is 5.75 Å². The normalized spacial score (nSPS) is 9.18. The van der Waals surface area contributed by atoms with Crippen molar-refractivity contribution in [2.24, 2.45) is 0 Å². The highest BCUT2D eigenvalue weighted by atomic mass is 16.5. The molecule has 0 saturated heterocycles. The van der Waals surface area contributed by atoms with Gasteiger partial charge in [-0.05, 0) is 24.1 Å². The number of benzene rings is 1. The van der Waals surface area contributed by atoms with Gasteiger partial charge in [0.1, 0.15) is 12.3 Å². The number of nitrogens with zero attached hydrogens (tertiary/aromatic N) is 1. The largest absolute Gasteiger partial charge is 0.497 e. The molecule has 1 aromatic carbocycles. The van der Waals surface area contributed by atoms with Gasteiger partial charge in [0.15, 0.2) is 0 Å². The molecular formula is C12H15N3O2. The lowest BCUT2D eigenvalue weighted by molar-refractivity contribution is 0.242. The van der Waals surface area contributed by atoms with Gasteiger partial charge in [0.05, 0.1) is 13.2 Å². The Kier molecular flexibility index (Phi) is 5.38. The van der Waals surface area contributed by atoms with Crippen LogP contribution in [-0.2, 0) is 6.42 Å². The first-order valence-corrected chi connectivity index (χ1v) is 5.28. The van der Waals surface area contributed by atoms with Crippen LogP contribution in [0.25, 0.3) is 0 Å². The molecule has 0 saturated carbocycles. The number of methoxy groups -OCH3 is 1. The van der Waals surface area contributed by atoms with Gasteiger partial charge in [0.25, 0.3) is 0 Å².